The van der Waals surface area contributed by atoms with Crippen molar-refractivity contribution in [3.05, 3.63) is 70.1 Å². The third-order valence-corrected chi connectivity index (χ3v) is 4.72. The zero-order valence-electron chi connectivity index (χ0n) is 15.6. The van der Waals surface area contributed by atoms with Gasteiger partial charge in [-0.3, -0.25) is 4.79 Å². The summed E-state index contributed by atoms with van der Waals surface area (Å²) in [7, 11) is 0. The Bertz CT molecular complexity index is 1070. The van der Waals surface area contributed by atoms with E-state index in [9.17, 15) is 9.59 Å². The zero-order chi connectivity index (χ0) is 19.5. The van der Waals surface area contributed by atoms with E-state index in [1.54, 1.807) is 24.3 Å². The highest BCUT2D eigenvalue weighted by Gasteiger charge is 2.19. The summed E-state index contributed by atoms with van der Waals surface area (Å²) >= 11 is 0. The van der Waals surface area contributed by atoms with Gasteiger partial charge in [-0.05, 0) is 49.6 Å². The van der Waals surface area contributed by atoms with E-state index in [4.69, 9.17) is 13.9 Å². The van der Waals surface area contributed by atoms with Crippen LogP contribution in [0.15, 0.2) is 57.7 Å². The molecule has 1 fully saturated rings. The predicted molar refractivity (Wildman–Crippen MR) is 106 cm³/mol. The maximum Gasteiger partial charge on any atom is 0.349 e. The van der Waals surface area contributed by atoms with Gasteiger partial charge in [0.1, 0.15) is 23.5 Å². The van der Waals surface area contributed by atoms with Gasteiger partial charge in [0.25, 0.3) is 5.91 Å². The van der Waals surface area contributed by atoms with E-state index >= 15 is 0 Å². The summed E-state index contributed by atoms with van der Waals surface area (Å²) in [5.41, 5.74) is 1.22. The molecule has 6 heteroatoms. The minimum atomic E-state index is -0.676. The number of amides is 1. The summed E-state index contributed by atoms with van der Waals surface area (Å²) in [6.45, 7) is 3.12. The fraction of sp³-hybridized carbons (Fsp3) is 0.273. The van der Waals surface area contributed by atoms with Crippen LogP contribution in [0, 0.1) is 6.92 Å². The largest absolute Gasteiger partial charge is 0.489 e. The Kier molecular flexibility index (Phi) is 5.12. The molecule has 1 N–H and O–H groups in total. The predicted octanol–water partition coefficient (Wildman–Crippen LogP) is 3.91. The Morgan fingerprint density at radius 2 is 2.07 bits per heavy atom. The average Bonchev–Trinajstić information content (AvgIpc) is 3.21. The van der Waals surface area contributed by atoms with Crippen molar-refractivity contribution in [3.63, 3.8) is 0 Å². The van der Waals surface area contributed by atoms with Gasteiger partial charge >= 0.3 is 5.63 Å². The van der Waals surface area contributed by atoms with Crippen LogP contribution < -0.4 is 15.7 Å². The molecule has 0 spiro atoms. The van der Waals surface area contributed by atoms with Gasteiger partial charge in [0, 0.05) is 12.0 Å². The first kappa shape index (κ1) is 18.3. The van der Waals surface area contributed by atoms with Gasteiger partial charge in [-0.25, -0.2) is 4.79 Å². The molecular formula is C22H21NO5. The molecule has 2 heterocycles. The molecule has 2 aromatic carbocycles. The molecule has 1 aliphatic heterocycles. The molecule has 4 rings (SSSR count). The number of anilines is 1. The second-order valence-electron chi connectivity index (χ2n) is 6.89. The molecule has 1 amide bonds. The Morgan fingerprint density at radius 3 is 2.89 bits per heavy atom. The number of aryl methyl sites for hydroxylation is 1. The van der Waals surface area contributed by atoms with Gasteiger partial charge in [-0.1, -0.05) is 24.3 Å². The highest BCUT2D eigenvalue weighted by molar-refractivity contribution is 6.06. The Morgan fingerprint density at radius 1 is 1.21 bits per heavy atom. The van der Waals surface area contributed by atoms with Crippen LogP contribution in [-0.4, -0.2) is 25.2 Å². The van der Waals surface area contributed by atoms with Crippen LogP contribution in [0.5, 0.6) is 5.75 Å². The van der Waals surface area contributed by atoms with Crippen molar-refractivity contribution in [2.45, 2.75) is 25.9 Å². The van der Waals surface area contributed by atoms with Crippen molar-refractivity contribution in [2.75, 3.05) is 18.5 Å². The lowest BCUT2D eigenvalue weighted by molar-refractivity contribution is 0.0681. The molecule has 144 valence electrons. The summed E-state index contributed by atoms with van der Waals surface area (Å²) < 4.78 is 16.7. The Labute approximate surface area is 162 Å². The van der Waals surface area contributed by atoms with Crippen molar-refractivity contribution in [2.24, 2.45) is 0 Å². The van der Waals surface area contributed by atoms with Crippen molar-refractivity contribution < 1.29 is 18.7 Å². The lowest BCUT2D eigenvalue weighted by Gasteiger charge is -2.16. The zero-order valence-corrected chi connectivity index (χ0v) is 15.6. The number of carbonyl (C=O) groups is 1. The molecule has 0 aliphatic carbocycles. The summed E-state index contributed by atoms with van der Waals surface area (Å²) in [5, 5.41) is 3.46. The number of nitrogens with one attached hydrogen (secondary N) is 1. The first-order valence-electron chi connectivity index (χ1n) is 9.29. The maximum atomic E-state index is 12.7. The van der Waals surface area contributed by atoms with E-state index in [1.807, 2.05) is 25.1 Å². The second kappa shape index (κ2) is 7.86. The number of hydrogen-bond acceptors (Lipinski definition) is 5. The fourth-order valence-electron chi connectivity index (χ4n) is 3.22. The summed E-state index contributed by atoms with van der Waals surface area (Å²) in [6, 6.07) is 14.1. The lowest BCUT2D eigenvalue weighted by atomic mass is 10.1. The standard InChI is InChI=1S/C22H21NO5/c1-14-8-9-18(20(11-14)27-13-16-6-4-10-26-16)23-21(24)17-12-15-5-2-3-7-19(15)28-22(17)25/h2-3,5,7-9,11-12,16H,4,6,10,13H2,1H3,(H,23,24). The first-order chi connectivity index (χ1) is 13.6. The molecular weight excluding hydrogens is 358 g/mol. The molecule has 1 aromatic heterocycles. The smallest absolute Gasteiger partial charge is 0.349 e. The highest BCUT2D eigenvalue weighted by Crippen LogP contribution is 2.27. The van der Waals surface area contributed by atoms with Crippen LogP contribution in [0.1, 0.15) is 28.8 Å². The van der Waals surface area contributed by atoms with E-state index < -0.39 is 11.5 Å². The molecule has 0 radical (unpaired) electrons. The van der Waals surface area contributed by atoms with E-state index in [-0.39, 0.29) is 11.7 Å². The number of fused-ring (bicyclic) bond motifs is 1. The van der Waals surface area contributed by atoms with E-state index in [0.717, 1.165) is 25.0 Å². The normalized spacial score (nSPS) is 16.2. The molecule has 28 heavy (non-hydrogen) atoms. The van der Waals surface area contributed by atoms with Gasteiger partial charge in [0.15, 0.2) is 0 Å². The summed E-state index contributed by atoms with van der Waals surface area (Å²) in [5.74, 6) is 0.0133. The molecule has 0 bridgehead atoms. The van der Waals surface area contributed by atoms with Crippen LogP contribution in [0.4, 0.5) is 5.69 Å². The van der Waals surface area contributed by atoms with Crippen molar-refractivity contribution in [1.82, 2.24) is 0 Å². The van der Waals surface area contributed by atoms with Gasteiger partial charge in [0.2, 0.25) is 0 Å². The maximum absolute atomic E-state index is 12.7. The molecule has 6 nitrogen and oxygen atoms in total. The lowest BCUT2D eigenvalue weighted by Crippen LogP contribution is -2.22. The SMILES string of the molecule is Cc1ccc(NC(=O)c2cc3ccccc3oc2=O)c(OCC2CCCO2)c1. The van der Waals surface area contributed by atoms with Crippen LogP contribution in [-0.2, 0) is 4.74 Å². The Balaban J connectivity index is 1.57. The number of rotatable bonds is 5. The topological polar surface area (TPSA) is 77.8 Å². The van der Waals surface area contributed by atoms with Gasteiger partial charge < -0.3 is 19.2 Å². The minimum absolute atomic E-state index is 0.0515. The van der Waals surface area contributed by atoms with E-state index in [2.05, 4.69) is 5.32 Å². The van der Waals surface area contributed by atoms with Crippen LogP contribution >= 0.6 is 0 Å². The van der Waals surface area contributed by atoms with E-state index in [0.29, 0.717) is 29.0 Å². The molecule has 3 aromatic rings. The van der Waals surface area contributed by atoms with Crippen molar-refractivity contribution in [1.29, 1.82) is 0 Å². The quantitative estimate of drug-likeness (QED) is 0.680. The molecule has 1 atom stereocenters. The number of para-hydroxylation sites is 1. The van der Waals surface area contributed by atoms with Gasteiger partial charge in [-0.2, -0.15) is 0 Å². The number of hydrogen-bond donors (Lipinski definition) is 1. The van der Waals surface area contributed by atoms with Crippen molar-refractivity contribution in [3.8, 4) is 5.75 Å². The molecule has 1 aliphatic rings. The highest BCUT2D eigenvalue weighted by atomic mass is 16.5. The van der Waals surface area contributed by atoms with Gasteiger partial charge in [0.05, 0.1) is 11.8 Å². The third kappa shape index (κ3) is 3.92. The van der Waals surface area contributed by atoms with Crippen LogP contribution in [0.2, 0.25) is 0 Å². The van der Waals surface area contributed by atoms with Crippen LogP contribution in [0.25, 0.3) is 11.0 Å². The van der Waals surface area contributed by atoms with Crippen molar-refractivity contribution >= 4 is 22.6 Å². The molecule has 1 saturated heterocycles. The van der Waals surface area contributed by atoms with Gasteiger partial charge in [-0.15, -0.1) is 0 Å². The molecule has 1 unspecified atom stereocenters. The number of benzene rings is 2. The monoisotopic (exact) mass is 379 g/mol. The summed E-state index contributed by atoms with van der Waals surface area (Å²) in [6.07, 6.45) is 2.06. The minimum Gasteiger partial charge on any atom is -0.489 e. The Hall–Kier alpha value is -3.12. The number of carbonyl (C=O) groups excluding carboxylic acids is 1. The summed E-state index contributed by atoms with van der Waals surface area (Å²) in [4.78, 5) is 25.0. The average molecular weight is 379 g/mol. The number of ether oxygens (including phenoxy) is 2. The second-order valence-corrected chi connectivity index (χ2v) is 6.89. The van der Waals surface area contributed by atoms with Crippen LogP contribution in [0.3, 0.4) is 0 Å². The molecule has 0 saturated carbocycles. The van der Waals surface area contributed by atoms with E-state index in [1.165, 1.54) is 6.07 Å². The third-order valence-electron chi connectivity index (χ3n) is 4.72. The fourth-order valence-corrected chi connectivity index (χ4v) is 3.22. The first-order valence-corrected chi connectivity index (χ1v) is 9.29.